The van der Waals surface area contributed by atoms with Gasteiger partial charge in [0.25, 0.3) is 0 Å². The van der Waals surface area contributed by atoms with E-state index in [9.17, 15) is 18.0 Å². The lowest BCUT2D eigenvalue weighted by Gasteiger charge is -2.30. The second-order valence-electron chi connectivity index (χ2n) is 7.96. The van der Waals surface area contributed by atoms with Crippen LogP contribution in [0.4, 0.5) is 0 Å². The van der Waals surface area contributed by atoms with E-state index in [-0.39, 0.29) is 41.8 Å². The number of carbonyl (C=O) groups is 2. The predicted octanol–water partition coefficient (Wildman–Crippen LogP) is 1.92. The Morgan fingerprint density at radius 3 is 2.64 bits per heavy atom. The van der Waals surface area contributed by atoms with Gasteiger partial charge in [-0.1, -0.05) is 0 Å². The number of nitrogens with zero attached hydrogens (tertiary/aromatic N) is 2. The van der Waals surface area contributed by atoms with Gasteiger partial charge in [-0.2, -0.15) is 0 Å². The lowest BCUT2D eigenvalue weighted by atomic mass is 9.97. The molecule has 0 aliphatic carbocycles. The Kier molecular flexibility index (Phi) is 6.29. The average Bonchev–Trinajstić information content (AvgIpc) is 3.13. The van der Waals surface area contributed by atoms with Crippen LogP contribution >= 0.6 is 0 Å². The van der Waals surface area contributed by atoms with Crippen molar-refractivity contribution in [2.24, 2.45) is 5.92 Å². The van der Waals surface area contributed by atoms with Crippen LogP contribution in [0.5, 0.6) is 0 Å². The average molecular weight is 411 g/mol. The van der Waals surface area contributed by atoms with Gasteiger partial charge in [0, 0.05) is 29.5 Å². The Morgan fingerprint density at radius 1 is 1.25 bits per heavy atom. The van der Waals surface area contributed by atoms with Crippen LogP contribution in [0.25, 0.3) is 0 Å². The zero-order valence-corrected chi connectivity index (χ0v) is 17.8. The molecule has 3 heterocycles. The summed E-state index contributed by atoms with van der Waals surface area (Å²) in [6, 6.07) is 1.78. The predicted molar refractivity (Wildman–Crippen MR) is 106 cm³/mol. The number of aryl methyl sites for hydroxylation is 1. The highest BCUT2D eigenvalue weighted by molar-refractivity contribution is 7.91. The Morgan fingerprint density at radius 2 is 2.00 bits per heavy atom. The molecule has 0 aromatic carbocycles. The minimum absolute atomic E-state index is 0.0183. The molecule has 2 fully saturated rings. The largest absolute Gasteiger partial charge is 0.466 e. The molecule has 2 saturated heterocycles. The van der Waals surface area contributed by atoms with Gasteiger partial charge in [-0.25, -0.2) is 8.42 Å². The first-order valence-electron chi connectivity index (χ1n) is 10.0. The third-order valence-corrected chi connectivity index (χ3v) is 7.60. The van der Waals surface area contributed by atoms with E-state index >= 15 is 0 Å². The van der Waals surface area contributed by atoms with Crippen LogP contribution in [0.3, 0.4) is 0 Å². The number of piperidine rings is 1. The van der Waals surface area contributed by atoms with Crippen molar-refractivity contribution in [2.45, 2.75) is 46.1 Å². The summed E-state index contributed by atoms with van der Waals surface area (Å²) in [5, 5.41) is 0. The van der Waals surface area contributed by atoms with E-state index in [1.807, 2.05) is 29.4 Å². The highest BCUT2D eigenvalue weighted by Gasteiger charge is 2.32. The zero-order chi connectivity index (χ0) is 20.5. The van der Waals surface area contributed by atoms with Gasteiger partial charge in [-0.3, -0.25) is 14.5 Å². The molecule has 0 radical (unpaired) electrons. The van der Waals surface area contributed by atoms with Crippen LogP contribution < -0.4 is 0 Å². The third kappa shape index (κ3) is 4.49. The molecule has 1 aromatic heterocycles. The molecule has 2 atom stereocenters. The summed E-state index contributed by atoms with van der Waals surface area (Å²) in [6.07, 6.45) is 2.27. The van der Waals surface area contributed by atoms with Crippen LogP contribution in [-0.4, -0.2) is 67.4 Å². The Hall–Kier alpha value is -1.67. The van der Waals surface area contributed by atoms with Gasteiger partial charge < -0.3 is 9.30 Å². The number of ether oxygens (including phenoxy) is 1. The molecule has 0 saturated carbocycles. The van der Waals surface area contributed by atoms with Crippen LogP contribution in [0.2, 0.25) is 0 Å². The fourth-order valence-electron chi connectivity index (χ4n) is 4.54. The topological polar surface area (TPSA) is 85.7 Å². The summed E-state index contributed by atoms with van der Waals surface area (Å²) >= 11 is 0. The molecule has 0 bridgehead atoms. The summed E-state index contributed by atoms with van der Waals surface area (Å²) < 4.78 is 30.8. The number of Topliss-reactive ketones (excluding diaryl/α,β-unsaturated/α-hetero) is 1. The molecule has 3 rings (SSSR count). The normalized spacial score (nSPS) is 25.0. The van der Waals surface area contributed by atoms with E-state index in [2.05, 4.69) is 0 Å². The van der Waals surface area contributed by atoms with E-state index in [1.165, 1.54) is 0 Å². The first-order valence-corrected chi connectivity index (χ1v) is 11.8. The summed E-state index contributed by atoms with van der Waals surface area (Å²) in [5.74, 6) is 0.0216. The number of ketones is 1. The van der Waals surface area contributed by atoms with E-state index in [0.717, 1.165) is 30.8 Å². The number of rotatable bonds is 6. The van der Waals surface area contributed by atoms with E-state index in [4.69, 9.17) is 4.74 Å². The summed E-state index contributed by atoms with van der Waals surface area (Å²) in [4.78, 5) is 27.0. The van der Waals surface area contributed by atoms with E-state index < -0.39 is 9.84 Å². The van der Waals surface area contributed by atoms with Crippen molar-refractivity contribution in [2.75, 3.05) is 37.7 Å². The Balaban J connectivity index is 1.70. The first kappa shape index (κ1) is 21.0. The van der Waals surface area contributed by atoms with Crippen molar-refractivity contribution in [1.82, 2.24) is 9.47 Å². The second-order valence-corrected chi connectivity index (χ2v) is 10.2. The van der Waals surface area contributed by atoms with Gasteiger partial charge in [0.1, 0.15) is 0 Å². The molecule has 2 aliphatic rings. The van der Waals surface area contributed by atoms with Gasteiger partial charge in [-0.15, -0.1) is 0 Å². The molecule has 0 N–H and O–H groups in total. The third-order valence-electron chi connectivity index (χ3n) is 5.85. The summed E-state index contributed by atoms with van der Waals surface area (Å²) in [7, 11) is -2.99. The Bertz CT molecular complexity index is 858. The number of hydrogen-bond acceptors (Lipinski definition) is 6. The van der Waals surface area contributed by atoms with Crippen molar-refractivity contribution in [1.29, 1.82) is 0 Å². The van der Waals surface area contributed by atoms with Gasteiger partial charge >= 0.3 is 5.97 Å². The standard InChI is InChI=1S/C20H30N2O5S/c1-4-27-20(24)16-6-5-8-21(11-16)12-19(23)18-10-14(2)22(15(18)3)17-7-9-28(25,26)13-17/h10,16-17H,4-9,11-13H2,1-3H3/t16-,17+/m1/s1. The SMILES string of the molecule is CCOC(=O)[C@@H]1CCCN(CC(=O)c2cc(C)n([C@H]3CCS(=O)(=O)C3)c2C)C1. The van der Waals surface area contributed by atoms with Crippen molar-refractivity contribution in [3.8, 4) is 0 Å². The lowest BCUT2D eigenvalue weighted by Crippen LogP contribution is -2.41. The second kappa shape index (κ2) is 8.37. The molecular formula is C20H30N2O5S. The smallest absolute Gasteiger partial charge is 0.310 e. The lowest BCUT2D eigenvalue weighted by molar-refractivity contribution is -0.149. The molecule has 1 aromatic rings. The van der Waals surface area contributed by atoms with Gasteiger partial charge in [0.15, 0.2) is 15.6 Å². The fourth-order valence-corrected chi connectivity index (χ4v) is 6.24. The highest BCUT2D eigenvalue weighted by atomic mass is 32.2. The van der Waals surface area contributed by atoms with Crippen LogP contribution in [0.15, 0.2) is 6.07 Å². The van der Waals surface area contributed by atoms with Crippen molar-refractivity contribution >= 4 is 21.6 Å². The Labute approximate surface area is 166 Å². The van der Waals surface area contributed by atoms with Crippen LogP contribution in [0, 0.1) is 19.8 Å². The maximum Gasteiger partial charge on any atom is 0.310 e. The number of likely N-dealkylation sites (tertiary alicyclic amines) is 1. The van der Waals surface area contributed by atoms with Gasteiger partial charge in [0.05, 0.1) is 30.6 Å². The fraction of sp³-hybridized carbons (Fsp3) is 0.700. The summed E-state index contributed by atoms with van der Waals surface area (Å²) in [5.41, 5.74) is 2.41. The molecule has 8 heteroatoms. The number of esters is 1. The molecule has 0 unspecified atom stereocenters. The number of aromatic nitrogens is 1. The molecule has 28 heavy (non-hydrogen) atoms. The van der Waals surface area contributed by atoms with Crippen LogP contribution in [-0.2, 0) is 19.4 Å². The van der Waals surface area contributed by atoms with Gasteiger partial charge in [0.2, 0.25) is 0 Å². The molecule has 156 valence electrons. The van der Waals surface area contributed by atoms with E-state index in [0.29, 0.717) is 25.1 Å². The minimum Gasteiger partial charge on any atom is -0.466 e. The highest BCUT2D eigenvalue weighted by Crippen LogP contribution is 2.29. The van der Waals surface area contributed by atoms with Gasteiger partial charge in [-0.05, 0) is 52.6 Å². The molecule has 0 spiro atoms. The first-order chi connectivity index (χ1) is 13.2. The molecule has 7 nitrogen and oxygen atoms in total. The van der Waals surface area contributed by atoms with Crippen LogP contribution in [0.1, 0.15) is 54.0 Å². The van der Waals surface area contributed by atoms with Crippen molar-refractivity contribution in [3.05, 3.63) is 23.0 Å². The molecule has 2 aliphatic heterocycles. The number of hydrogen-bond donors (Lipinski definition) is 0. The number of sulfone groups is 1. The minimum atomic E-state index is -2.99. The maximum atomic E-state index is 13.0. The van der Waals surface area contributed by atoms with E-state index in [1.54, 1.807) is 6.92 Å². The number of carbonyl (C=O) groups excluding carboxylic acids is 2. The molecule has 0 amide bonds. The van der Waals surface area contributed by atoms with Crippen molar-refractivity contribution in [3.63, 3.8) is 0 Å². The quantitative estimate of drug-likeness (QED) is 0.526. The monoisotopic (exact) mass is 410 g/mol. The zero-order valence-electron chi connectivity index (χ0n) is 16.9. The maximum absolute atomic E-state index is 13.0. The molecular weight excluding hydrogens is 380 g/mol. The van der Waals surface area contributed by atoms with Crippen molar-refractivity contribution < 1.29 is 22.7 Å². The summed E-state index contributed by atoms with van der Waals surface area (Å²) in [6.45, 7) is 7.59.